The SMILES string of the molecule is C/C=C/C=C\COC(=O)C1CCCC1. The van der Waals surface area contributed by atoms with E-state index in [1.807, 2.05) is 31.2 Å². The summed E-state index contributed by atoms with van der Waals surface area (Å²) in [4.78, 5) is 11.4. The summed E-state index contributed by atoms with van der Waals surface area (Å²) >= 11 is 0. The van der Waals surface area contributed by atoms with Crippen molar-refractivity contribution in [1.29, 1.82) is 0 Å². The van der Waals surface area contributed by atoms with Crippen LogP contribution in [0.15, 0.2) is 24.3 Å². The zero-order valence-electron chi connectivity index (χ0n) is 8.74. The molecule has 2 heteroatoms. The molecule has 2 nitrogen and oxygen atoms in total. The van der Waals surface area contributed by atoms with Crippen LogP contribution in [0.1, 0.15) is 32.6 Å². The number of carbonyl (C=O) groups excluding carboxylic acids is 1. The highest BCUT2D eigenvalue weighted by molar-refractivity contribution is 5.72. The minimum atomic E-state index is -0.0207. The highest BCUT2D eigenvalue weighted by Crippen LogP contribution is 2.25. The van der Waals surface area contributed by atoms with Crippen molar-refractivity contribution in [2.75, 3.05) is 6.61 Å². The molecule has 1 fully saturated rings. The third-order valence-electron chi connectivity index (χ3n) is 2.45. The van der Waals surface area contributed by atoms with Gasteiger partial charge in [0.05, 0.1) is 5.92 Å². The fraction of sp³-hybridized carbons (Fsp3) is 0.583. The Bertz CT molecular complexity index is 222. The second kappa shape index (κ2) is 6.41. The van der Waals surface area contributed by atoms with Crippen molar-refractivity contribution in [3.05, 3.63) is 24.3 Å². The van der Waals surface area contributed by atoms with Crippen molar-refractivity contribution >= 4 is 5.97 Å². The van der Waals surface area contributed by atoms with Crippen molar-refractivity contribution in [1.82, 2.24) is 0 Å². The van der Waals surface area contributed by atoms with Gasteiger partial charge in [0.25, 0.3) is 0 Å². The van der Waals surface area contributed by atoms with Crippen LogP contribution in [0, 0.1) is 5.92 Å². The quantitative estimate of drug-likeness (QED) is 0.508. The van der Waals surface area contributed by atoms with Gasteiger partial charge in [-0.1, -0.05) is 31.1 Å². The topological polar surface area (TPSA) is 26.3 Å². The highest BCUT2D eigenvalue weighted by Gasteiger charge is 2.23. The maximum atomic E-state index is 11.4. The van der Waals surface area contributed by atoms with E-state index in [9.17, 15) is 4.79 Å². The number of hydrogen-bond donors (Lipinski definition) is 0. The molecule has 0 aromatic carbocycles. The molecule has 0 heterocycles. The third-order valence-corrected chi connectivity index (χ3v) is 2.45. The van der Waals surface area contributed by atoms with E-state index in [0.29, 0.717) is 6.61 Å². The van der Waals surface area contributed by atoms with Gasteiger partial charge >= 0.3 is 5.97 Å². The summed E-state index contributed by atoms with van der Waals surface area (Å²) in [5.41, 5.74) is 0. The van der Waals surface area contributed by atoms with Crippen molar-refractivity contribution in [3.8, 4) is 0 Å². The van der Waals surface area contributed by atoms with E-state index in [2.05, 4.69) is 0 Å². The normalized spacial score (nSPS) is 18.4. The molecule has 1 aliphatic rings. The lowest BCUT2D eigenvalue weighted by atomic mass is 10.1. The van der Waals surface area contributed by atoms with Gasteiger partial charge in [-0.3, -0.25) is 4.79 Å². The largest absolute Gasteiger partial charge is 0.461 e. The summed E-state index contributed by atoms with van der Waals surface area (Å²) in [6, 6.07) is 0. The molecule has 14 heavy (non-hydrogen) atoms. The number of allylic oxidation sites excluding steroid dienone is 3. The number of hydrogen-bond acceptors (Lipinski definition) is 2. The zero-order valence-corrected chi connectivity index (χ0v) is 8.74. The van der Waals surface area contributed by atoms with E-state index >= 15 is 0 Å². The molecule has 0 unspecified atom stereocenters. The summed E-state index contributed by atoms with van der Waals surface area (Å²) in [5, 5.41) is 0. The van der Waals surface area contributed by atoms with Gasteiger partial charge in [-0.2, -0.15) is 0 Å². The molecule has 0 bridgehead atoms. The molecule has 1 aliphatic carbocycles. The summed E-state index contributed by atoms with van der Waals surface area (Å²) < 4.78 is 5.11. The minimum absolute atomic E-state index is 0.0207. The van der Waals surface area contributed by atoms with Gasteiger partial charge in [0, 0.05) is 0 Å². The minimum Gasteiger partial charge on any atom is -0.461 e. The van der Waals surface area contributed by atoms with Crippen LogP contribution in [0.5, 0.6) is 0 Å². The molecule has 0 N–H and O–H groups in total. The summed E-state index contributed by atoms with van der Waals surface area (Å²) in [5.74, 6) is 0.151. The van der Waals surface area contributed by atoms with Crippen LogP contribution in [-0.2, 0) is 9.53 Å². The Hall–Kier alpha value is -1.05. The van der Waals surface area contributed by atoms with E-state index in [1.54, 1.807) is 0 Å². The van der Waals surface area contributed by atoms with E-state index in [-0.39, 0.29) is 11.9 Å². The zero-order chi connectivity index (χ0) is 10.2. The summed E-state index contributed by atoms with van der Waals surface area (Å²) in [6.07, 6.45) is 12.0. The van der Waals surface area contributed by atoms with E-state index in [1.165, 1.54) is 12.8 Å². The monoisotopic (exact) mass is 194 g/mol. The molecule has 0 amide bonds. The Morgan fingerprint density at radius 2 is 2.07 bits per heavy atom. The van der Waals surface area contributed by atoms with Crippen LogP contribution in [0.25, 0.3) is 0 Å². The van der Waals surface area contributed by atoms with Gasteiger partial charge in [-0.15, -0.1) is 0 Å². The Morgan fingerprint density at radius 1 is 1.36 bits per heavy atom. The second-order valence-corrected chi connectivity index (χ2v) is 3.57. The van der Waals surface area contributed by atoms with Crippen LogP contribution >= 0.6 is 0 Å². The number of ether oxygens (including phenoxy) is 1. The average Bonchev–Trinajstić information content (AvgIpc) is 2.70. The first kappa shape index (κ1) is 11.0. The van der Waals surface area contributed by atoms with Crippen molar-refractivity contribution in [3.63, 3.8) is 0 Å². The molecule has 0 radical (unpaired) electrons. The Labute approximate surface area is 85.6 Å². The first-order valence-electron chi connectivity index (χ1n) is 5.29. The Balaban J connectivity index is 2.14. The molecule has 0 aromatic rings. The Kier molecular flexibility index (Phi) is 5.05. The van der Waals surface area contributed by atoms with Crippen LogP contribution in [0.3, 0.4) is 0 Å². The van der Waals surface area contributed by atoms with Gasteiger partial charge in [-0.05, 0) is 25.8 Å². The van der Waals surface area contributed by atoms with E-state index in [0.717, 1.165) is 12.8 Å². The lowest BCUT2D eigenvalue weighted by Gasteiger charge is -2.06. The number of carbonyl (C=O) groups is 1. The van der Waals surface area contributed by atoms with Crippen molar-refractivity contribution in [2.45, 2.75) is 32.6 Å². The first-order valence-corrected chi connectivity index (χ1v) is 5.29. The van der Waals surface area contributed by atoms with E-state index in [4.69, 9.17) is 4.74 Å². The maximum Gasteiger partial charge on any atom is 0.309 e. The van der Waals surface area contributed by atoms with Crippen LogP contribution < -0.4 is 0 Å². The fourth-order valence-electron chi connectivity index (χ4n) is 1.65. The van der Waals surface area contributed by atoms with Gasteiger partial charge in [0.15, 0.2) is 0 Å². The molecule has 0 atom stereocenters. The molecule has 0 aliphatic heterocycles. The summed E-state index contributed by atoms with van der Waals surface area (Å²) in [6.45, 7) is 2.36. The molecule has 78 valence electrons. The van der Waals surface area contributed by atoms with Crippen LogP contribution in [-0.4, -0.2) is 12.6 Å². The predicted molar refractivity (Wildman–Crippen MR) is 56.9 cm³/mol. The van der Waals surface area contributed by atoms with Crippen molar-refractivity contribution < 1.29 is 9.53 Å². The molecule has 0 aromatic heterocycles. The average molecular weight is 194 g/mol. The highest BCUT2D eigenvalue weighted by atomic mass is 16.5. The first-order chi connectivity index (χ1) is 6.84. The van der Waals surface area contributed by atoms with Crippen LogP contribution in [0.4, 0.5) is 0 Å². The standard InChI is InChI=1S/C12H18O2/c1-2-3-4-7-10-14-12(13)11-8-5-6-9-11/h2-4,7,11H,5-6,8-10H2,1H3/b3-2+,7-4-. The maximum absolute atomic E-state index is 11.4. The van der Waals surface area contributed by atoms with E-state index < -0.39 is 0 Å². The van der Waals surface area contributed by atoms with Gasteiger partial charge in [0.2, 0.25) is 0 Å². The molecular formula is C12H18O2. The molecular weight excluding hydrogens is 176 g/mol. The predicted octanol–water partition coefficient (Wildman–Crippen LogP) is 2.85. The molecule has 1 rings (SSSR count). The van der Waals surface area contributed by atoms with Gasteiger partial charge in [-0.25, -0.2) is 0 Å². The molecule has 0 spiro atoms. The fourth-order valence-corrected chi connectivity index (χ4v) is 1.65. The smallest absolute Gasteiger partial charge is 0.309 e. The van der Waals surface area contributed by atoms with Gasteiger partial charge < -0.3 is 4.74 Å². The Morgan fingerprint density at radius 3 is 2.71 bits per heavy atom. The third kappa shape index (κ3) is 3.77. The lowest BCUT2D eigenvalue weighted by molar-refractivity contribution is -0.147. The summed E-state index contributed by atoms with van der Waals surface area (Å²) in [7, 11) is 0. The second-order valence-electron chi connectivity index (χ2n) is 3.57. The van der Waals surface area contributed by atoms with Crippen molar-refractivity contribution in [2.24, 2.45) is 5.92 Å². The van der Waals surface area contributed by atoms with Crippen LogP contribution in [0.2, 0.25) is 0 Å². The lowest BCUT2D eigenvalue weighted by Crippen LogP contribution is -2.14. The molecule has 0 saturated heterocycles. The number of rotatable bonds is 4. The molecule has 1 saturated carbocycles. The number of esters is 1. The van der Waals surface area contributed by atoms with Gasteiger partial charge in [0.1, 0.15) is 6.61 Å².